The molecular weight excluding hydrogens is 188 g/mol. The summed E-state index contributed by atoms with van der Waals surface area (Å²) in [6, 6.07) is 9.60. The standard InChI is InChI=1S/C12H10N2O/c1-8-2-3-11-9(6-8)7-12(15-11)10(14)4-5-13/h2-4,6-7H,14H2,1H3/b10-4-. The van der Waals surface area contributed by atoms with Crippen molar-refractivity contribution in [3.8, 4) is 6.07 Å². The van der Waals surface area contributed by atoms with Gasteiger partial charge in [-0.1, -0.05) is 11.6 Å². The number of nitriles is 1. The molecule has 0 unspecified atom stereocenters. The molecule has 0 aliphatic carbocycles. The Morgan fingerprint density at radius 1 is 1.47 bits per heavy atom. The van der Waals surface area contributed by atoms with E-state index in [1.54, 1.807) is 0 Å². The molecular formula is C12H10N2O. The first-order chi connectivity index (χ1) is 7.20. The Balaban J connectivity index is 2.58. The molecule has 3 heteroatoms. The quantitative estimate of drug-likeness (QED) is 0.716. The highest BCUT2D eigenvalue weighted by Crippen LogP contribution is 2.23. The van der Waals surface area contributed by atoms with Gasteiger partial charge in [0.1, 0.15) is 5.58 Å². The molecule has 0 radical (unpaired) electrons. The number of rotatable bonds is 1. The topological polar surface area (TPSA) is 62.9 Å². The van der Waals surface area contributed by atoms with E-state index in [-0.39, 0.29) is 0 Å². The molecule has 74 valence electrons. The van der Waals surface area contributed by atoms with Gasteiger partial charge in [-0.05, 0) is 25.1 Å². The normalized spacial score (nSPS) is 11.6. The van der Waals surface area contributed by atoms with Gasteiger partial charge in [0.2, 0.25) is 0 Å². The fourth-order valence-corrected chi connectivity index (χ4v) is 1.45. The van der Waals surface area contributed by atoms with Gasteiger partial charge >= 0.3 is 0 Å². The third kappa shape index (κ3) is 1.70. The van der Waals surface area contributed by atoms with Crippen LogP contribution in [0.2, 0.25) is 0 Å². The molecule has 1 aromatic carbocycles. The van der Waals surface area contributed by atoms with Gasteiger partial charge in [0.15, 0.2) is 5.76 Å². The predicted molar refractivity (Wildman–Crippen MR) is 58.7 cm³/mol. The molecule has 15 heavy (non-hydrogen) atoms. The molecule has 1 aromatic heterocycles. The SMILES string of the molecule is Cc1ccc2oc(/C(N)=C/C#N)cc2c1. The van der Waals surface area contributed by atoms with Gasteiger partial charge < -0.3 is 10.2 Å². The van der Waals surface area contributed by atoms with Crippen molar-refractivity contribution in [2.75, 3.05) is 0 Å². The molecule has 0 bridgehead atoms. The molecule has 2 aromatic rings. The second-order valence-electron chi connectivity index (χ2n) is 3.38. The van der Waals surface area contributed by atoms with E-state index in [0.717, 1.165) is 16.5 Å². The smallest absolute Gasteiger partial charge is 0.151 e. The number of hydrogen-bond donors (Lipinski definition) is 1. The van der Waals surface area contributed by atoms with Crippen molar-refractivity contribution >= 4 is 16.7 Å². The summed E-state index contributed by atoms with van der Waals surface area (Å²) in [5.74, 6) is 0.539. The third-order valence-electron chi connectivity index (χ3n) is 2.18. The molecule has 2 N–H and O–H groups in total. The van der Waals surface area contributed by atoms with Gasteiger partial charge in [-0.25, -0.2) is 0 Å². The van der Waals surface area contributed by atoms with Crippen LogP contribution in [0.3, 0.4) is 0 Å². The summed E-state index contributed by atoms with van der Waals surface area (Å²) < 4.78 is 5.49. The zero-order valence-electron chi connectivity index (χ0n) is 8.32. The predicted octanol–water partition coefficient (Wildman–Crippen LogP) is 2.56. The maximum Gasteiger partial charge on any atom is 0.151 e. The minimum absolute atomic E-state index is 0.353. The van der Waals surface area contributed by atoms with Crippen LogP contribution in [-0.4, -0.2) is 0 Å². The maximum atomic E-state index is 8.47. The van der Waals surface area contributed by atoms with Gasteiger partial charge in [0, 0.05) is 11.5 Å². The highest BCUT2D eigenvalue weighted by molar-refractivity contribution is 5.82. The van der Waals surface area contributed by atoms with Crippen molar-refractivity contribution in [1.29, 1.82) is 5.26 Å². The van der Waals surface area contributed by atoms with Gasteiger partial charge in [-0.2, -0.15) is 5.26 Å². The van der Waals surface area contributed by atoms with E-state index in [1.165, 1.54) is 6.08 Å². The summed E-state index contributed by atoms with van der Waals surface area (Å²) in [7, 11) is 0. The lowest BCUT2D eigenvalue weighted by atomic mass is 10.2. The van der Waals surface area contributed by atoms with Crippen molar-refractivity contribution in [3.63, 3.8) is 0 Å². The number of furan rings is 1. The fraction of sp³-hybridized carbons (Fsp3) is 0.0833. The molecule has 0 amide bonds. The van der Waals surface area contributed by atoms with Crippen LogP contribution in [0.5, 0.6) is 0 Å². The molecule has 0 fully saturated rings. The maximum absolute atomic E-state index is 8.47. The number of benzene rings is 1. The summed E-state index contributed by atoms with van der Waals surface area (Å²) in [5, 5.41) is 9.47. The summed E-state index contributed by atoms with van der Waals surface area (Å²) in [6.45, 7) is 2.01. The lowest BCUT2D eigenvalue weighted by Gasteiger charge is -1.91. The van der Waals surface area contributed by atoms with Crippen LogP contribution >= 0.6 is 0 Å². The van der Waals surface area contributed by atoms with E-state index in [2.05, 4.69) is 0 Å². The van der Waals surface area contributed by atoms with E-state index in [1.807, 2.05) is 37.3 Å². The highest BCUT2D eigenvalue weighted by atomic mass is 16.3. The minimum atomic E-state index is 0.353. The largest absolute Gasteiger partial charge is 0.455 e. The Bertz CT molecular complexity index is 573. The van der Waals surface area contributed by atoms with E-state index in [0.29, 0.717) is 11.5 Å². The number of aryl methyl sites for hydroxylation is 1. The van der Waals surface area contributed by atoms with Crippen molar-refractivity contribution in [1.82, 2.24) is 0 Å². The lowest BCUT2D eigenvalue weighted by Crippen LogP contribution is -1.92. The zero-order chi connectivity index (χ0) is 10.8. The molecule has 0 atom stereocenters. The summed E-state index contributed by atoms with van der Waals surface area (Å²) in [4.78, 5) is 0. The van der Waals surface area contributed by atoms with E-state index in [4.69, 9.17) is 15.4 Å². The second kappa shape index (κ2) is 3.50. The van der Waals surface area contributed by atoms with Gasteiger partial charge in [0.05, 0.1) is 11.8 Å². The highest BCUT2D eigenvalue weighted by Gasteiger charge is 2.05. The number of nitrogens with zero attached hydrogens (tertiary/aromatic N) is 1. The third-order valence-corrected chi connectivity index (χ3v) is 2.18. The first kappa shape index (κ1) is 9.35. The minimum Gasteiger partial charge on any atom is -0.455 e. The van der Waals surface area contributed by atoms with Crippen LogP contribution in [0.25, 0.3) is 16.7 Å². The molecule has 2 rings (SSSR count). The first-order valence-corrected chi connectivity index (χ1v) is 4.56. The van der Waals surface area contributed by atoms with Gasteiger partial charge in [-0.3, -0.25) is 0 Å². The average Bonchev–Trinajstić information content (AvgIpc) is 2.60. The number of allylic oxidation sites excluding steroid dienone is 1. The molecule has 0 saturated carbocycles. The average molecular weight is 198 g/mol. The number of hydrogen-bond acceptors (Lipinski definition) is 3. The Morgan fingerprint density at radius 2 is 2.27 bits per heavy atom. The summed E-state index contributed by atoms with van der Waals surface area (Å²) in [6.07, 6.45) is 1.27. The van der Waals surface area contributed by atoms with Gasteiger partial charge in [-0.15, -0.1) is 0 Å². The summed E-state index contributed by atoms with van der Waals surface area (Å²) in [5.41, 5.74) is 7.95. The Morgan fingerprint density at radius 3 is 3.00 bits per heavy atom. The van der Waals surface area contributed by atoms with Crippen molar-refractivity contribution in [3.05, 3.63) is 41.7 Å². The molecule has 0 aliphatic rings. The van der Waals surface area contributed by atoms with Crippen LogP contribution < -0.4 is 5.73 Å². The Kier molecular flexibility index (Phi) is 2.18. The van der Waals surface area contributed by atoms with Crippen LogP contribution in [0.15, 0.2) is 34.8 Å². The zero-order valence-corrected chi connectivity index (χ0v) is 8.32. The Hall–Kier alpha value is -2.21. The monoisotopic (exact) mass is 198 g/mol. The van der Waals surface area contributed by atoms with Gasteiger partial charge in [0.25, 0.3) is 0 Å². The molecule has 0 aliphatic heterocycles. The van der Waals surface area contributed by atoms with E-state index < -0.39 is 0 Å². The van der Waals surface area contributed by atoms with Crippen LogP contribution in [0, 0.1) is 18.3 Å². The number of nitrogens with two attached hydrogens (primary N) is 1. The second-order valence-corrected chi connectivity index (χ2v) is 3.38. The molecule has 0 saturated heterocycles. The van der Waals surface area contributed by atoms with Crippen molar-refractivity contribution in [2.24, 2.45) is 5.73 Å². The molecule has 3 nitrogen and oxygen atoms in total. The van der Waals surface area contributed by atoms with Crippen molar-refractivity contribution in [2.45, 2.75) is 6.92 Å². The van der Waals surface area contributed by atoms with E-state index in [9.17, 15) is 0 Å². The van der Waals surface area contributed by atoms with E-state index >= 15 is 0 Å². The van der Waals surface area contributed by atoms with Crippen LogP contribution in [0.4, 0.5) is 0 Å². The molecule has 1 heterocycles. The van der Waals surface area contributed by atoms with Crippen LogP contribution in [-0.2, 0) is 0 Å². The number of fused-ring (bicyclic) bond motifs is 1. The Labute approximate surface area is 87.4 Å². The first-order valence-electron chi connectivity index (χ1n) is 4.56. The summed E-state index contributed by atoms with van der Waals surface area (Å²) >= 11 is 0. The molecule has 0 spiro atoms. The van der Waals surface area contributed by atoms with Crippen molar-refractivity contribution < 1.29 is 4.42 Å². The lowest BCUT2D eigenvalue weighted by molar-refractivity contribution is 0.598. The fourth-order valence-electron chi connectivity index (χ4n) is 1.45. The van der Waals surface area contributed by atoms with Crippen LogP contribution in [0.1, 0.15) is 11.3 Å².